The number of rotatable bonds is 10. The Labute approximate surface area is 380 Å². The second kappa shape index (κ2) is 19.7. The lowest BCUT2D eigenvalue weighted by Gasteiger charge is -2.32. The van der Waals surface area contributed by atoms with E-state index in [4.69, 9.17) is 18.8 Å². The lowest BCUT2D eigenvalue weighted by molar-refractivity contribution is 0.00578. The monoisotopic (exact) mass is 930 g/mol. The van der Waals surface area contributed by atoms with Gasteiger partial charge in [0.15, 0.2) is 11.3 Å². The van der Waals surface area contributed by atoms with Crippen molar-refractivity contribution in [3.8, 4) is 22.6 Å². The van der Waals surface area contributed by atoms with Gasteiger partial charge in [-0.1, -0.05) is 24.3 Å². The average molecular weight is 932 g/mol. The maximum atomic E-state index is 14.2. The lowest BCUT2D eigenvalue weighted by atomic mass is 9.78. The second-order valence-electron chi connectivity index (χ2n) is 16.2. The van der Waals surface area contributed by atoms with Crippen molar-refractivity contribution in [2.75, 3.05) is 14.2 Å². The molecule has 0 radical (unpaired) electrons. The lowest BCUT2D eigenvalue weighted by Crippen LogP contribution is -2.41. The molecule has 0 unspecified atom stereocenters. The van der Waals surface area contributed by atoms with Gasteiger partial charge in [0.1, 0.15) is 35.8 Å². The number of benzene rings is 2. The SMILES string of the molecule is COc1cccc(F)c1CCc1ccc(-c2cccnc2C)c2nncn12.COc1cccc(F)c1CCc1ccc(Br)c2nncn12.Cc1ncccc1B1OC(C)(C)C(C)(C)O1. The van der Waals surface area contributed by atoms with Crippen LogP contribution in [0.1, 0.15) is 61.6 Å². The summed E-state index contributed by atoms with van der Waals surface area (Å²) >= 11 is 3.44. The molecule has 9 rings (SSSR count). The topological polar surface area (TPSA) is 123 Å². The Bertz CT molecular complexity index is 2870. The summed E-state index contributed by atoms with van der Waals surface area (Å²) < 4.78 is 55.3. The van der Waals surface area contributed by atoms with Gasteiger partial charge < -0.3 is 18.8 Å². The predicted octanol–water partition coefficient (Wildman–Crippen LogP) is 9.15. The highest BCUT2D eigenvalue weighted by Gasteiger charge is 2.52. The number of fused-ring (bicyclic) bond motifs is 2. The van der Waals surface area contributed by atoms with Crippen LogP contribution < -0.4 is 14.9 Å². The molecule has 0 atom stereocenters. The third-order valence-corrected chi connectivity index (χ3v) is 12.4. The Morgan fingerprint density at radius 2 is 1.12 bits per heavy atom. The Hall–Kier alpha value is -6.10. The molecule has 0 N–H and O–H groups in total. The molecule has 1 aliphatic heterocycles. The van der Waals surface area contributed by atoms with Crippen LogP contribution in [0.5, 0.6) is 11.5 Å². The minimum absolute atomic E-state index is 0.244. The van der Waals surface area contributed by atoms with E-state index < -0.39 is 0 Å². The third-order valence-electron chi connectivity index (χ3n) is 11.7. The van der Waals surface area contributed by atoms with Crippen molar-refractivity contribution >= 4 is 39.8 Å². The molecule has 64 heavy (non-hydrogen) atoms. The van der Waals surface area contributed by atoms with Gasteiger partial charge in [-0.3, -0.25) is 18.8 Å². The van der Waals surface area contributed by atoms with Crippen LogP contribution >= 0.6 is 15.9 Å². The minimum Gasteiger partial charge on any atom is -0.496 e. The minimum atomic E-state index is -0.307. The van der Waals surface area contributed by atoms with E-state index in [-0.39, 0.29) is 30.0 Å². The summed E-state index contributed by atoms with van der Waals surface area (Å²) in [6.45, 7) is 12.2. The van der Waals surface area contributed by atoms with E-state index in [1.165, 1.54) is 12.1 Å². The summed E-state index contributed by atoms with van der Waals surface area (Å²) in [4.78, 5) is 8.62. The van der Waals surface area contributed by atoms with Gasteiger partial charge in [-0.2, -0.15) is 0 Å². The van der Waals surface area contributed by atoms with Gasteiger partial charge in [0.05, 0.1) is 29.9 Å². The number of ether oxygens (including phenoxy) is 2. The van der Waals surface area contributed by atoms with Crippen molar-refractivity contribution < 1.29 is 27.6 Å². The molecule has 8 aromatic rings. The maximum absolute atomic E-state index is 14.2. The maximum Gasteiger partial charge on any atom is 0.496 e. The van der Waals surface area contributed by atoms with Crippen LogP contribution in [0.3, 0.4) is 0 Å². The molecule has 1 aliphatic rings. The van der Waals surface area contributed by atoms with E-state index in [1.807, 2.05) is 71.2 Å². The van der Waals surface area contributed by atoms with Crippen LogP contribution in [0.4, 0.5) is 8.78 Å². The summed E-state index contributed by atoms with van der Waals surface area (Å²) in [7, 11) is 2.80. The van der Waals surface area contributed by atoms with Crippen LogP contribution in [0, 0.1) is 25.5 Å². The highest BCUT2D eigenvalue weighted by atomic mass is 79.9. The number of halogens is 3. The van der Waals surface area contributed by atoms with Gasteiger partial charge >= 0.3 is 7.12 Å². The smallest absolute Gasteiger partial charge is 0.496 e. The van der Waals surface area contributed by atoms with Crippen molar-refractivity contribution in [3.05, 3.63) is 160 Å². The molecule has 12 nitrogen and oxygen atoms in total. The number of nitrogens with zero attached hydrogens (tertiary/aromatic N) is 8. The van der Waals surface area contributed by atoms with E-state index in [9.17, 15) is 8.78 Å². The number of aryl methyl sites for hydroxylation is 4. The highest BCUT2D eigenvalue weighted by Crippen LogP contribution is 2.36. The quantitative estimate of drug-likeness (QED) is 0.123. The van der Waals surface area contributed by atoms with E-state index in [0.29, 0.717) is 48.3 Å². The van der Waals surface area contributed by atoms with E-state index in [0.717, 1.165) is 55.1 Å². The largest absolute Gasteiger partial charge is 0.496 e. The van der Waals surface area contributed by atoms with Crippen LogP contribution in [-0.2, 0) is 35.0 Å². The highest BCUT2D eigenvalue weighted by molar-refractivity contribution is 9.10. The van der Waals surface area contributed by atoms with E-state index in [2.05, 4.69) is 74.0 Å². The Balaban J connectivity index is 0.000000149. The molecule has 330 valence electrons. The van der Waals surface area contributed by atoms with Crippen LogP contribution in [-0.4, -0.2) is 71.7 Å². The first-order valence-electron chi connectivity index (χ1n) is 20.8. The molecule has 7 heterocycles. The van der Waals surface area contributed by atoms with Gasteiger partial charge in [-0.05, 0) is 144 Å². The molecule has 1 saturated heterocycles. The van der Waals surface area contributed by atoms with Crippen LogP contribution in [0.25, 0.3) is 22.4 Å². The van der Waals surface area contributed by atoms with Crippen molar-refractivity contribution in [2.45, 2.75) is 78.4 Å². The molecule has 1 fully saturated rings. The molecule has 0 amide bonds. The molecule has 0 spiro atoms. The van der Waals surface area contributed by atoms with E-state index in [1.54, 1.807) is 63.5 Å². The van der Waals surface area contributed by atoms with Crippen molar-refractivity contribution in [1.29, 1.82) is 0 Å². The van der Waals surface area contributed by atoms with Gasteiger partial charge in [-0.15, -0.1) is 20.4 Å². The van der Waals surface area contributed by atoms with Gasteiger partial charge in [0.25, 0.3) is 0 Å². The summed E-state index contributed by atoms with van der Waals surface area (Å²) in [6, 6.07) is 25.6. The zero-order chi connectivity index (χ0) is 45.6. The van der Waals surface area contributed by atoms with Gasteiger partial charge in [-0.25, -0.2) is 8.78 Å². The van der Waals surface area contributed by atoms with Crippen LogP contribution in [0.2, 0.25) is 0 Å². The molecular weight excluding hydrogens is 881 g/mol. The van der Waals surface area contributed by atoms with Gasteiger partial charge in [0.2, 0.25) is 0 Å². The number of aromatic nitrogens is 8. The standard InChI is InChI=1S/C21H19FN4O.C15H13BrFN3O.C12H18BNO2/c1-14-16(5-4-12-23-14)17-10-8-15(26-13-24-25-21(17)26)9-11-18-19(22)6-3-7-20(18)27-2;1-21-14-4-2-3-13(17)11(14)7-5-10-6-8-12(16)15-19-18-9-20(10)15;1-9-10(7-6-8-14-9)13-15-11(2,3)12(4,5)16-13/h3-8,10,12-13H,9,11H2,1-2H3;2-4,6,8-9H,5,7H2,1H3;6-8H,1-5H3. The Kier molecular flexibility index (Phi) is 14.2. The van der Waals surface area contributed by atoms with E-state index >= 15 is 0 Å². The van der Waals surface area contributed by atoms with Crippen LogP contribution in [0.15, 0.2) is 114 Å². The normalized spacial score (nSPS) is 13.9. The summed E-state index contributed by atoms with van der Waals surface area (Å²) in [5.41, 5.74) is 9.04. The van der Waals surface area contributed by atoms with Crippen molar-refractivity contribution in [3.63, 3.8) is 0 Å². The van der Waals surface area contributed by atoms with Gasteiger partial charge in [0, 0.05) is 62.9 Å². The summed E-state index contributed by atoms with van der Waals surface area (Å²) in [5.74, 6) is 0.646. The molecule has 0 saturated carbocycles. The average Bonchev–Trinajstić information content (AvgIpc) is 4.03. The van der Waals surface area contributed by atoms with Crippen molar-refractivity contribution in [2.24, 2.45) is 0 Å². The fraction of sp³-hybridized carbons (Fsp3) is 0.292. The fourth-order valence-electron chi connectivity index (χ4n) is 7.45. The molecule has 0 aliphatic carbocycles. The summed E-state index contributed by atoms with van der Waals surface area (Å²) in [5, 5.41) is 16.3. The number of hydrogen-bond acceptors (Lipinski definition) is 10. The molecular formula is C48H50BBrF2N8O4. The molecule has 6 aromatic heterocycles. The molecule has 16 heteroatoms. The second-order valence-corrected chi connectivity index (χ2v) is 17.1. The molecule has 0 bridgehead atoms. The first kappa shape index (κ1) is 45.9. The predicted molar refractivity (Wildman–Crippen MR) is 247 cm³/mol. The van der Waals surface area contributed by atoms with Crippen molar-refractivity contribution in [1.82, 2.24) is 39.2 Å². The zero-order valence-electron chi connectivity index (χ0n) is 37.1. The molecule has 2 aromatic carbocycles. The number of pyridine rings is 4. The third kappa shape index (κ3) is 9.83. The number of methoxy groups -OCH3 is 2. The zero-order valence-corrected chi connectivity index (χ0v) is 38.7. The first-order valence-corrected chi connectivity index (χ1v) is 21.6. The number of hydrogen-bond donors (Lipinski definition) is 0. The first-order chi connectivity index (χ1) is 30.7. The fourth-order valence-corrected chi connectivity index (χ4v) is 7.85. The Morgan fingerprint density at radius 1 is 0.609 bits per heavy atom. The summed E-state index contributed by atoms with van der Waals surface area (Å²) in [6.07, 6.45) is 9.28. The Morgan fingerprint density at radius 3 is 1.67 bits per heavy atom.